The molecule has 104 valence electrons. The van der Waals surface area contributed by atoms with E-state index >= 15 is 0 Å². The van der Waals surface area contributed by atoms with Crippen molar-refractivity contribution in [3.8, 4) is 5.75 Å². The molecule has 19 heavy (non-hydrogen) atoms. The molecule has 0 saturated carbocycles. The molecule has 1 aromatic rings. The molecule has 1 aromatic carbocycles. The molecule has 0 heterocycles. The second-order valence-electron chi connectivity index (χ2n) is 4.42. The number of aliphatic carboxylic acids is 1. The molecule has 1 unspecified atom stereocenters. The van der Waals surface area contributed by atoms with E-state index in [4.69, 9.17) is 9.84 Å². The average Bonchev–Trinajstić information content (AvgIpc) is 2.36. The van der Waals surface area contributed by atoms with Crippen LogP contribution in [0.1, 0.15) is 24.5 Å². The van der Waals surface area contributed by atoms with Gasteiger partial charge >= 0.3 is 5.97 Å². The predicted octanol–water partition coefficient (Wildman–Crippen LogP) is 1.66. The number of benzene rings is 1. The maximum Gasteiger partial charge on any atom is 0.326 e. The van der Waals surface area contributed by atoms with Crippen molar-refractivity contribution < 1.29 is 19.4 Å². The van der Waals surface area contributed by atoms with Crippen LogP contribution in [0.5, 0.6) is 5.75 Å². The molecule has 1 atom stereocenters. The summed E-state index contributed by atoms with van der Waals surface area (Å²) < 4.78 is 5.40. The number of ether oxygens (including phenoxy) is 1. The fraction of sp³-hybridized carbons (Fsp3) is 0.429. The zero-order valence-electron chi connectivity index (χ0n) is 11.4. The summed E-state index contributed by atoms with van der Waals surface area (Å²) in [6.07, 6.45) is 0.338. The normalized spacial score (nSPS) is 11.7. The average molecular weight is 265 g/mol. The quantitative estimate of drug-likeness (QED) is 0.820. The summed E-state index contributed by atoms with van der Waals surface area (Å²) in [5, 5.41) is 11.2. The summed E-state index contributed by atoms with van der Waals surface area (Å²) in [6.45, 7) is 5.33. The summed E-state index contributed by atoms with van der Waals surface area (Å²) in [5.41, 5.74) is 1.97. The standard InChI is InChI=1S/C14H19NO4/c1-4-11(14(17)18)15-13(16)8-19-12-7-9(2)5-6-10(12)3/h5-7,11H,4,8H2,1-3H3,(H,15,16)(H,17,18). The van der Waals surface area contributed by atoms with Crippen LogP contribution in [-0.4, -0.2) is 29.6 Å². The van der Waals surface area contributed by atoms with Crippen molar-refractivity contribution in [2.24, 2.45) is 0 Å². The van der Waals surface area contributed by atoms with E-state index < -0.39 is 17.9 Å². The van der Waals surface area contributed by atoms with Crippen LogP contribution in [0, 0.1) is 13.8 Å². The third-order valence-electron chi connectivity index (χ3n) is 2.74. The highest BCUT2D eigenvalue weighted by Crippen LogP contribution is 2.18. The molecule has 0 spiro atoms. The minimum Gasteiger partial charge on any atom is -0.483 e. The lowest BCUT2D eigenvalue weighted by Crippen LogP contribution is -2.42. The molecule has 0 aromatic heterocycles. The van der Waals surface area contributed by atoms with Gasteiger partial charge in [0.2, 0.25) is 0 Å². The lowest BCUT2D eigenvalue weighted by molar-refractivity contribution is -0.142. The Balaban J connectivity index is 2.54. The van der Waals surface area contributed by atoms with Crippen LogP contribution in [0.3, 0.4) is 0 Å². The number of amides is 1. The van der Waals surface area contributed by atoms with Crippen LogP contribution in [-0.2, 0) is 9.59 Å². The van der Waals surface area contributed by atoms with Gasteiger partial charge in [0.15, 0.2) is 6.61 Å². The Kier molecular flexibility index (Phi) is 5.36. The molecule has 5 nitrogen and oxygen atoms in total. The van der Waals surface area contributed by atoms with Gasteiger partial charge in [0.05, 0.1) is 0 Å². The fourth-order valence-corrected chi connectivity index (χ4v) is 1.58. The highest BCUT2D eigenvalue weighted by atomic mass is 16.5. The summed E-state index contributed by atoms with van der Waals surface area (Å²) in [6, 6.07) is 4.85. The number of carboxylic acids is 1. The number of nitrogens with one attached hydrogen (secondary N) is 1. The number of carbonyl (C=O) groups excluding carboxylic acids is 1. The number of aryl methyl sites for hydroxylation is 2. The lowest BCUT2D eigenvalue weighted by atomic mass is 10.1. The van der Waals surface area contributed by atoms with Crippen molar-refractivity contribution in [3.05, 3.63) is 29.3 Å². The number of hydrogen-bond acceptors (Lipinski definition) is 3. The topological polar surface area (TPSA) is 75.6 Å². The second-order valence-corrected chi connectivity index (χ2v) is 4.42. The third-order valence-corrected chi connectivity index (χ3v) is 2.74. The van der Waals surface area contributed by atoms with Crippen LogP contribution in [0.25, 0.3) is 0 Å². The molecule has 5 heteroatoms. The molecule has 0 aliphatic carbocycles. The molecule has 1 rings (SSSR count). The van der Waals surface area contributed by atoms with E-state index in [1.54, 1.807) is 6.92 Å². The minimum atomic E-state index is -1.04. The highest BCUT2D eigenvalue weighted by molar-refractivity contribution is 5.84. The van der Waals surface area contributed by atoms with Gasteiger partial charge < -0.3 is 15.2 Å². The van der Waals surface area contributed by atoms with Gasteiger partial charge in [-0.15, -0.1) is 0 Å². The van der Waals surface area contributed by atoms with Crippen molar-refractivity contribution in [2.75, 3.05) is 6.61 Å². The molecule has 1 amide bonds. The van der Waals surface area contributed by atoms with Crippen molar-refractivity contribution >= 4 is 11.9 Å². The summed E-state index contributed by atoms with van der Waals surface area (Å²) in [4.78, 5) is 22.4. The summed E-state index contributed by atoms with van der Waals surface area (Å²) in [5.74, 6) is -0.837. The Labute approximate surface area is 112 Å². The maximum absolute atomic E-state index is 11.6. The number of hydrogen-bond donors (Lipinski definition) is 2. The molecular weight excluding hydrogens is 246 g/mol. The second kappa shape index (κ2) is 6.78. The van der Waals surface area contributed by atoms with Gasteiger partial charge in [-0.05, 0) is 37.5 Å². The Morgan fingerprint density at radius 2 is 2.05 bits per heavy atom. The zero-order chi connectivity index (χ0) is 14.4. The van der Waals surface area contributed by atoms with Gasteiger partial charge in [-0.3, -0.25) is 4.79 Å². The van der Waals surface area contributed by atoms with Gasteiger partial charge in [0.1, 0.15) is 11.8 Å². The lowest BCUT2D eigenvalue weighted by Gasteiger charge is -2.13. The van der Waals surface area contributed by atoms with Crippen molar-refractivity contribution in [1.29, 1.82) is 0 Å². The van der Waals surface area contributed by atoms with Gasteiger partial charge in [-0.2, -0.15) is 0 Å². The van der Waals surface area contributed by atoms with E-state index in [-0.39, 0.29) is 6.61 Å². The Morgan fingerprint density at radius 3 is 2.63 bits per heavy atom. The molecule has 0 radical (unpaired) electrons. The van der Waals surface area contributed by atoms with Crippen molar-refractivity contribution in [2.45, 2.75) is 33.2 Å². The molecule has 0 bridgehead atoms. The van der Waals surface area contributed by atoms with Crippen LogP contribution in [0.15, 0.2) is 18.2 Å². The van der Waals surface area contributed by atoms with E-state index in [9.17, 15) is 9.59 Å². The monoisotopic (exact) mass is 265 g/mol. The van der Waals surface area contributed by atoms with Gasteiger partial charge in [-0.1, -0.05) is 19.1 Å². The van der Waals surface area contributed by atoms with Crippen LogP contribution in [0.2, 0.25) is 0 Å². The van der Waals surface area contributed by atoms with Crippen molar-refractivity contribution in [3.63, 3.8) is 0 Å². The zero-order valence-corrected chi connectivity index (χ0v) is 11.4. The predicted molar refractivity (Wildman–Crippen MR) is 71.3 cm³/mol. The molecule has 0 fully saturated rings. The van der Waals surface area contributed by atoms with Gasteiger partial charge in [-0.25, -0.2) is 4.79 Å². The first-order valence-corrected chi connectivity index (χ1v) is 6.16. The number of rotatable bonds is 6. The molecule has 2 N–H and O–H groups in total. The summed E-state index contributed by atoms with van der Waals surface area (Å²) >= 11 is 0. The van der Waals surface area contributed by atoms with E-state index in [2.05, 4.69) is 5.32 Å². The molecule has 0 aliphatic rings. The van der Waals surface area contributed by atoms with Crippen LogP contribution in [0.4, 0.5) is 0 Å². The van der Waals surface area contributed by atoms with Crippen LogP contribution >= 0.6 is 0 Å². The number of carboxylic acid groups (broad SMARTS) is 1. The first kappa shape index (κ1) is 15.0. The SMILES string of the molecule is CCC(NC(=O)COc1cc(C)ccc1C)C(=O)O. The Bertz CT molecular complexity index is 471. The Morgan fingerprint density at radius 1 is 1.37 bits per heavy atom. The largest absolute Gasteiger partial charge is 0.483 e. The molecular formula is C14H19NO4. The van der Waals surface area contributed by atoms with E-state index in [0.717, 1.165) is 11.1 Å². The number of carbonyl (C=O) groups is 2. The maximum atomic E-state index is 11.6. The minimum absolute atomic E-state index is 0.186. The smallest absolute Gasteiger partial charge is 0.326 e. The van der Waals surface area contributed by atoms with E-state index in [1.165, 1.54) is 0 Å². The molecule has 0 aliphatic heterocycles. The van der Waals surface area contributed by atoms with Gasteiger partial charge in [0.25, 0.3) is 5.91 Å². The first-order chi connectivity index (χ1) is 8.93. The fourth-order valence-electron chi connectivity index (χ4n) is 1.58. The van der Waals surface area contributed by atoms with Gasteiger partial charge in [0, 0.05) is 0 Å². The first-order valence-electron chi connectivity index (χ1n) is 6.16. The summed E-state index contributed by atoms with van der Waals surface area (Å²) in [7, 11) is 0. The van der Waals surface area contributed by atoms with E-state index in [0.29, 0.717) is 12.2 Å². The van der Waals surface area contributed by atoms with Crippen molar-refractivity contribution in [1.82, 2.24) is 5.32 Å². The van der Waals surface area contributed by atoms with Crippen LogP contribution < -0.4 is 10.1 Å². The Hall–Kier alpha value is -2.04. The third kappa shape index (κ3) is 4.62. The molecule has 0 saturated heterocycles. The van der Waals surface area contributed by atoms with E-state index in [1.807, 2.05) is 32.0 Å². The highest BCUT2D eigenvalue weighted by Gasteiger charge is 2.17.